The molecular formula is C17H32O10. The van der Waals surface area contributed by atoms with Crippen LogP contribution in [-0.2, 0) is 42.6 Å². The summed E-state index contributed by atoms with van der Waals surface area (Å²) in [5.74, 6) is 0. The molecule has 2 heterocycles. The van der Waals surface area contributed by atoms with Crippen LogP contribution in [0.2, 0.25) is 0 Å². The van der Waals surface area contributed by atoms with Gasteiger partial charge in [-0.1, -0.05) is 0 Å². The smallest absolute Gasteiger partial charge is 0.187 e. The van der Waals surface area contributed by atoms with Gasteiger partial charge in [-0.05, 0) is 0 Å². The summed E-state index contributed by atoms with van der Waals surface area (Å²) in [7, 11) is 8.88. The molecule has 10 heteroatoms. The zero-order chi connectivity index (χ0) is 20.9. The van der Waals surface area contributed by atoms with E-state index in [1.54, 1.807) is 0 Å². The van der Waals surface area contributed by atoms with E-state index in [9.17, 15) is 5.11 Å². The molecule has 0 aromatic rings. The van der Waals surface area contributed by atoms with Crippen LogP contribution in [-0.4, -0.2) is 116 Å². The molecule has 27 heavy (non-hydrogen) atoms. The van der Waals surface area contributed by atoms with Gasteiger partial charge >= 0.3 is 0 Å². The molecule has 0 aliphatic carbocycles. The minimum atomic E-state index is -1.53. The van der Waals surface area contributed by atoms with Gasteiger partial charge in [0.05, 0.1) is 14.6 Å². The molecule has 2 saturated heterocycles. The normalized spacial score (nSPS) is 45.8. The molecule has 0 aromatic carbocycles. The second-order valence-corrected chi connectivity index (χ2v) is 6.20. The maximum Gasteiger partial charge on any atom is 0.187 e. The molecule has 0 aromatic heterocycles. The van der Waals surface area contributed by atoms with Crippen molar-refractivity contribution in [2.75, 3.05) is 55.9 Å². The lowest BCUT2D eigenvalue weighted by Gasteiger charge is -2.45. The van der Waals surface area contributed by atoms with E-state index in [0.29, 0.717) is 0 Å². The van der Waals surface area contributed by atoms with Crippen LogP contribution in [0.3, 0.4) is 0 Å². The van der Waals surface area contributed by atoms with Crippen molar-refractivity contribution in [3.8, 4) is 0 Å². The Morgan fingerprint density at radius 2 is 1.33 bits per heavy atom. The Labute approximate surface area is 161 Å². The largest absolute Gasteiger partial charge is 0.394 e. The number of aliphatic hydroxyl groups excluding tert-OH is 1. The molecule has 0 saturated carbocycles. The minimum absolute atomic E-state index is 0.0457. The number of rotatable bonds is 10. The first-order valence-corrected chi connectivity index (χ1v) is 8.67. The number of hydrogen-bond acceptors (Lipinski definition) is 10. The molecule has 160 valence electrons. The number of methoxy groups -OCH3 is 6. The fourth-order valence-corrected chi connectivity index (χ4v) is 3.52. The predicted octanol–water partition coefficient (Wildman–Crippen LogP) is -0.833. The Hall–Kier alpha value is -0.400. The summed E-state index contributed by atoms with van der Waals surface area (Å²) >= 11 is 0. The van der Waals surface area contributed by atoms with Crippen molar-refractivity contribution in [1.82, 2.24) is 0 Å². The molecule has 2 rings (SSSR count). The van der Waals surface area contributed by atoms with E-state index in [1.165, 1.54) is 42.7 Å². The van der Waals surface area contributed by atoms with Crippen molar-refractivity contribution in [3.63, 3.8) is 0 Å². The summed E-state index contributed by atoms with van der Waals surface area (Å²) in [5.41, 5.74) is 0. The molecule has 2 aliphatic heterocycles. The highest BCUT2D eigenvalue weighted by Crippen LogP contribution is 2.33. The molecule has 2 aliphatic rings. The Kier molecular flexibility index (Phi) is 8.65. The van der Waals surface area contributed by atoms with Gasteiger partial charge in [-0.2, -0.15) is 0 Å². The monoisotopic (exact) mass is 397 g/mol. The average molecular weight is 397 g/mol. The van der Waals surface area contributed by atoms with Gasteiger partial charge in [0.15, 0.2) is 12.6 Å². The third-order valence-corrected chi connectivity index (χ3v) is 4.80. The highest BCUT2D eigenvalue weighted by molar-refractivity contribution is 4.95. The van der Waals surface area contributed by atoms with Crippen LogP contribution < -0.4 is 0 Å². The Bertz CT molecular complexity index is 471. The van der Waals surface area contributed by atoms with E-state index < -0.39 is 55.3 Å². The molecule has 0 radical (unpaired) electrons. The first-order valence-electron chi connectivity index (χ1n) is 9.17. The Balaban J connectivity index is 2.26. The minimum Gasteiger partial charge on any atom is -0.394 e. The molecule has 10 nitrogen and oxygen atoms in total. The van der Waals surface area contributed by atoms with Crippen molar-refractivity contribution >= 4 is 0 Å². The van der Waals surface area contributed by atoms with Crippen LogP contribution in [0.4, 0.5) is 0 Å². The second-order valence-electron chi connectivity index (χ2n) is 6.20. The molecule has 0 bridgehead atoms. The lowest BCUT2D eigenvalue weighted by molar-refractivity contribution is -0.332. The predicted molar refractivity (Wildman–Crippen MR) is 91.4 cm³/mol. The molecule has 9 atom stereocenters. The lowest BCUT2D eigenvalue weighted by atomic mass is 9.98. The molecule has 1 N–H and O–H groups in total. The fraction of sp³-hybridized carbons (Fsp3) is 1.00. The Morgan fingerprint density at radius 3 is 1.81 bits per heavy atom. The summed E-state index contributed by atoms with van der Waals surface area (Å²) in [6.45, 7) is -0.390. The van der Waals surface area contributed by atoms with Crippen molar-refractivity contribution < 1.29 is 49.1 Å². The first-order chi connectivity index (χ1) is 13.4. The van der Waals surface area contributed by atoms with E-state index in [0.717, 1.165) is 0 Å². The van der Waals surface area contributed by atoms with Crippen LogP contribution in [0.5, 0.6) is 0 Å². The SMILES string of the molecule is [2H][C@@]1(COC)O[C@H](O[C@H]2[C@H](OC)[C@@H](OC)[C@@H](OC)O[C@@H]2CO)[C@@H](OC)[C@@H]1OC. The second kappa shape index (κ2) is 11.0. The van der Waals surface area contributed by atoms with E-state index in [-0.39, 0.29) is 13.2 Å². The van der Waals surface area contributed by atoms with Crippen LogP contribution in [0.15, 0.2) is 0 Å². The van der Waals surface area contributed by atoms with Gasteiger partial charge in [0, 0.05) is 42.7 Å². The highest BCUT2D eigenvalue weighted by Gasteiger charge is 2.52. The van der Waals surface area contributed by atoms with Crippen molar-refractivity contribution in [3.05, 3.63) is 0 Å². The fourth-order valence-electron chi connectivity index (χ4n) is 3.52. The average Bonchev–Trinajstić information content (AvgIpc) is 2.97. The summed E-state index contributed by atoms with van der Waals surface area (Å²) in [6.07, 6.45) is -7.53. The summed E-state index contributed by atoms with van der Waals surface area (Å²) in [5, 5.41) is 9.82. The van der Waals surface area contributed by atoms with Crippen molar-refractivity contribution in [2.24, 2.45) is 0 Å². The first kappa shape index (κ1) is 21.3. The molecule has 0 amide bonds. The Morgan fingerprint density at radius 1 is 0.741 bits per heavy atom. The van der Waals surface area contributed by atoms with Gasteiger partial charge in [-0.3, -0.25) is 0 Å². The summed E-state index contributed by atoms with van der Waals surface area (Å²) in [6, 6.07) is 0. The summed E-state index contributed by atoms with van der Waals surface area (Å²) in [4.78, 5) is 0. The van der Waals surface area contributed by atoms with Gasteiger partial charge in [0.25, 0.3) is 0 Å². The van der Waals surface area contributed by atoms with E-state index in [4.69, 9.17) is 44.0 Å². The molecule has 0 unspecified atom stereocenters. The third kappa shape index (κ3) is 4.78. The van der Waals surface area contributed by atoms with Crippen LogP contribution >= 0.6 is 0 Å². The van der Waals surface area contributed by atoms with E-state index in [2.05, 4.69) is 0 Å². The standard InChI is InChI=1S/C17H32O10/c1-19-8-10-11(20-2)14(22-4)17(26-10)27-12-9(7-18)25-16(24-6)15(23-5)13(12)21-3/h9-18H,7-8H2,1-6H3/t9-,10+,11-,12-,13+,14+,15-,16+,17-/m1/s1/i10D. The third-order valence-electron chi connectivity index (χ3n) is 4.80. The maximum absolute atomic E-state index is 9.82. The van der Waals surface area contributed by atoms with Gasteiger partial charge < -0.3 is 47.7 Å². The van der Waals surface area contributed by atoms with Gasteiger partial charge in [0.1, 0.15) is 42.7 Å². The highest BCUT2D eigenvalue weighted by atomic mass is 16.8. The van der Waals surface area contributed by atoms with Crippen LogP contribution in [0.1, 0.15) is 1.37 Å². The van der Waals surface area contributed by atoms with Gasteiger partial charge in [-0.25, -0.2) is 0 Å². The molecular weight excluding hydrogens is 364 g/mol. The quantitative estimate of drug-likeness (QED) is 0.502. The van der Waals surface area contributed by atoms with Crippen LogP contribution in [0, 0.1) is 0 Å². The zero-order valence-corrected chi connectivity index (χ0v) is 16.7. The topological polar surface area (TPSA) is 103 Å². The number of aliphatic hydroxyl groups is 1. The lowest BCUT2D eigenvalue weighted by Crippen LogP contribution is -2.62. The van der Waals surface area contributed by atoms with Gasteiger partial charge in [0.2, 0.25) is 0 Å². The maximum atomic E-state index is 9.82. The number of ether oxygens (including phenoxy) is 9. The summed E-state index contributed by atoms with van der Waals surface area (Å²) < 4.78 is 58.6. The van der Waals surface area contributed by atoms with E-state index in [1.807, 2.05) is 0 Å². The van der Waals surface area contributed by atoms with Crippen LogP contribution in [0.25, 0.3) is 0 Å². The number of hydrogen-bond donors (Lipinski definition) is 1. The van der Waals surface area contributed by atoms with Gasteiger partial charge in [-0.15, -0.1) is 0 Å². The zero-order valence-electron chi connectivity index (χ0n) is 17.7. The van der Waals surface area contributed by atoms with E-state index >= 15 is 0 Å². The van der Waals surface area contributed by atoms with Crippen molar-refractivity contribution in [1.29, 1.82) is 0 Å². The molecule has 2 fully saturated rings. The molecule has 0 spiro atoms. The van der Waals surface area contributed by atoms with Crippen molar-refractivity contribution in [2.45, 2.75) is 55.3 Å².